The molecular formula is C23H17F7O3. The van der Waals surface area contributed by atoms with Gasteiger partial charge in [0.05, 0.1) is 11.1 Å². The number of benzene rings is 3. The van der Waals surface area contributed by atoms with Crippen LogP contribution in [0.1, 0.15) is 23.6 Å². The summed E-state index contributed by atoms with van der Waals surface area (Å²) in [7, 11) is 0. The molecule has 0 spiro atoms. The molecule has 0 N–H and O–H groups in total. The Labute approximate surface area is 184 Å². The molecule has 0 aliphatic heterocycles. The van der Waals surface area contributed by atoms with E-state index in [1.165, 1.54) is 24.3 Å². The molecule has 0 radical (unpaired) electrons. The van der Waals surface area contributed by atoms with Crippen molar-refractivity contribution in [1.82, 2.24) is 0 Å². The van der Waals surface area contributed by atoms with Crippen LogP contribution in [0.15, 0.2) is 66.7 Å². The Morgan fingerprint density at radius 3 is 1.70 bits per heavy atom. The molecule has 0 amide bonds. The second kappa shape index (κ2) is 9.60. The molecule has 0 heterocycles. The summed E-state index contributed by atoms with van der Waals surface area (Å²) in [6, 6.07) is 10.9. The molecule has 3 aromatic carbocycles. The van der Waals surface area contributed by atoms with E-state index < -0.39 is 47.3 Å². The maximum Gasteiger partial charge on any atom is 0.426 e. The third-order valence-electron chi connectivity index (χ3n) is 4.50. The quantitative estimate of drug-likeness (QED) is 0.306. The standard InChI is InChI=1S/C23H17F7O3/c1-2-14-3-5-15(6-4-14)22(27,28)32-17-9-7-16(8-10-17)23(29,30)33-18-11-12-20(19(24)13-18)31-21(25)26/h3-13,21H,2H2,1H3. The Morgan fingerprint density at radius 1 is 0.727 bits per heavy atom. The molecule has 0 atom stereocenters. The van der Waals surface area contributed by atoms with Crippen LogP contribution in [0.4, 0.5) is 30.7 Å². The minimum absolute atomic E-state index is 0.376. The lowest BCUT2D eigenvalue weighted by atomic mass is 10.1. The lowest BCUT2D eigenvalue weighted by molar-refractivity contribution is -0.187. The normalized spacial score (nSPS) is 12.0. The van der Waals surface area contributed by atoms with E-state index in [-0.39, 0.29) is 5.75 Å². The second-order valence-corrected chi connectivity index (χ2v) is 6.78. The molecule has 3 nitrogen and oxygen atoms in total. The predicted octanol–water partition coefficient (Wildman–Crippen LogP) is 7.25. The molecule has 3 rings (SSSR count). The van der Waals surface area contributed by atoms with Gasteiger partial charge in [-0.25, -0.2) is 4.39 Å². The maximum absolute atomic E-state index is 14.4. The fourth-order valence-electron chi connectivity index (χ4n) is 2.80. The topological polar surface area (TPSA) is 27.7 Å². The summed E-state index contributed by atoms with van der Waals surface area (Å²) in [5, 5.41) is 0. The van der Waals surface area contributed by atoms with Crippen LogP contribution < -0.4 is 14.2 Å². The van der Waals surface area contributed by atoms with Gasteiger partial charge in [0.25, 0.3) is 0 Å². The van der Waals surface area contributed by atoms with Crippen molar-refractivity contribution in [1.29, 1.82) is 0 Å². The van der Waals surface area contributed by atoms with Crippen LogP contribution in [0.2, 0.25) is 0 Å². The summed E-state index contributed by atoms with van der Waals surface area (Å²) >= 11 is 0. The first-order chi connectivity index (χ1) is 15.5. The molecule has 0 saturated carbocycles. The number of rotatable bonds is 9. The molecule has 0 aliphatic carbocycles. The fourth-order valence-corrected chi connectivity index (χ4v) is 2.80. The highest BCUT2D eigenvalue weighted by atomic mass is 19.3. The van der Waals surface area contributed by atoms with Crippen LogP contribution in [-0.4, -0.2) is 6.61 Å². The summed E-state index contributed by atoms with van der Waals surface area (Å²) in [5.41, 5.74) is -0.283. The zero-order chi connectivity index (χ0) is 24.2. The molecule has 0 bridgehead atoms. The summed E-state index contributed by atoms with van der Waals surface area (Å²) in [4.78, 5) is 0. The zero-order valence-corrected chi connectivity index (χ0v) is 17.0. The largest absolute Gasteiger partial charge is 0.432 e. The first kappa shape index (κ1) is 24.2. The van der Waals surface area contributed by atoms with Crippen molar-refractivity contribution in [2.75, 3.05) is 0 Å². The van der Waals surface area contributed by atoms with Gasteiger partial charge in [0.15, 0.2) is 11.6 Å². The first-order valence-electron chi connectivity index (χ1n) is 9.58. The Balaban J connectivity index is 1.71. The average molecular weight is 474 g/mol. The molecular weight excluding hydrogens is 457 g/mol. The molecule has 0 unspecified atom stereocenters. The van der Waals surface area contributed by atoms with E-state index in [4.69, 9.17) is 0 Å². The average Bonchev–Trinajstić information content (AvgIpc) is 2.75. The van der Waals surface area contributed by atoms with Crippen molar-refractivity contribution >= 4 is 0 Å². The molecule has 0 saturated heterocycles. The van der Waals surface area contributed by atoms with Gasteiger partial charge in [-0.3, -0.25) is 0 Å². The van der Waals surface area contributed by atoms with Gasteiger partial charge >= 0.3 is 18.8 Å². The predicted molar refractivity (Wildman–Crippen MR) is 104 cm³/mol. The molecule has 0 fully saturated rings. The highest BCUT2D eigenvalue weighted by Crippen LogP contribution is 2.36. The summed E-state index contributed by atoms with van der Waals surface area (Å²) < 4.78 is 109. The van der Waals surface area contributed by atoms with Gasteiger partial charge < -0.3 is 14.2 Å². The first-order valence-corrected chi connectivity index (χ1v) is 9.58. The lowest BCUT2D eigenvalue weighted by Crippen LogP contribution is -2.23. The van der Waals surface area contributed by atoms with Gasteiger partial charge in [-0.15, -0.1) is 0 Å². The van der Waals surface area contributed by atoms with Crippen LogP contribution in [0, 0.1) is 5.82 Å². The van der Waals surface area contributed by atoms with Crippen molar-refractivity contribution in [2.24, 2.45) is 0 Å². The minimum Gasteiger partial charge on any atom is -0.432 e. The van der Waals surface area contributed by atoms with Gasteiger partial charge in [0, 0.05) is 6.07 Å². The van der Waals surface area contributed by atoms with Crippen molar-refractivity contribution in [2.45, 2.75) is 32.2 Å². The van der Waals surface area contributed by atoms with E-state index in [0.29, 0.717) is 18.6 Å². The number of hydrogen-bond acceptors (Lipinski definition) is 3. The van der Waals surface area contributed by atoms with Crippen molar-refractivity contribution in [3.05, 3.63) is 89.2 Å². The molecule has 176 valence electrons. The van der Waals surface area contributed by atoms with Gasteiger partial charge in [-0.05, 0) is 60.5 Å². The molecule has 10 heteroatoms. The molecule has 0 aromatic heterocycles. The monoisotopic (exact) mass is 474 g/mol. The summed E-state index contributed by atoms with van der Waals surface area (Å²) in [5.74, 6) is -3.21. The van der Waals surface area contributed by atoms with Crippen LogP contribution in [-0.2, 0) is 18.6 Å². The summed E-state index contributed by atoms with van der Waals surface area (Å²) in [6.07, 6.45) is -7.02. The minimum atomic E-state index is -3.99. The highest BCUT2D eigenvalue weighted by molar-refractivity contribution is 5.35. The smallest absolute Gasteiger partial charge is 0.426 e. The van der Waals surface area contributed by atoms with E-state index >= 15 is 0 Å². The Morgan fingerprint density at radius 2 is 1.21 bits per heavy atom. The maximum atomic E-state index is 14.4. The number of hydrogen-bond donors (Lipinski definition) is 0. The fraction of sp³-hybridized carbons (Fsp3) is 0.217. The number of aryl methyl sites for hydroxylation is 1. The van der Waals surface area contributed by atoms with Crippen LogP contribution in [0.25, 0.3) is 0 Å². The molecule has 33 heavy (non-hydrogen) atoms. The van der Waals surface area contributed by atoms with Gasteiger partial charge in [-0.1, -0.05) is 19.1 Å². The van der Waals surface area contributed by atoms with E-state index in [2.05, 4.69) is 14.2 Å². The van der Waals surface area contributed by atoms with Crippen LogP contribution in [0.3, 0.4) is 0 Å². The number of alkyl halides is 6. The van der Waals surface area contributed by atoms with E-state index in [1.807, 2.05) is 6.92 Å². The second-order valence-electron chi connectivity index (χ2n) is 6.78. The van der Waals surface area contributed by atoms with Gasteiger partial charge in [0.1, 0.15) is 11.5 Å². The van der Waals surface area contributed by atoms with Gasteiger partial charge in [0.2, 0.25) is 0 Å². The third kappa shape index (κ3) is 6.09. The Bertz CT molecular complexity index is 1070. The molecule has 3 aromatic rings. The molecule has 0 aliphatic rings. The zero-order valence-electron chi connectivity index (χ0n) is 17.0. The van der Waals surface area contributed by atoms with Crippen molar-refractivity contribution in [3.63, 3.8) is 0 Å². The third-order valence-corrected chi connectivity index (χ3v) is 4.50. The van der Waals surface area contributed by atoms with Crippen LogP contribution in [0.5, 0.6) is 17.2 Å². The van der Waals surface area contributed by atoms with Gasteiger partial charge in [-0.2, -0.15) is 26.3 Å². The van der Waals surface area contributed by atoms with E-state index in [9.17, 15) is 30.7 Å². The van der Waals surface area contributed by atoms with Crippen LogP contribution >= 0.6 is 0 Å². The Hall–Kier alpha value is -3.43. The van der Waals surface area contributed by atoms with E-state index in [0.717, 1.165) is 35.9 Å². The number of ether oxygens (including phenoxy) is 3. The van der Waals surface area contributed by atoms with Crippen molar-refractivity contribution in [3.8, 4) is 17.2 Å². The lowest BCUT2D eigenvalue weighted by Gasteiger charge is -2.21. The Kier molecular flexibility index (Phi) is 7.04. The van der Waals surface area contributed by atoms with E-state index in [1.54, 1.807) is 0 Å². The number of halogens is 7. The SMILES string of the molecule is CCc1ccc(C(F)(F)Oc2ccc(C(F)(F)Oc3ccc(OC(F)F)c(F)c3)cc2)cc1. The van der Waals surface area contributed by atoms with Crippen molar-refractivity contribution < 1.29 is 44.9 Å². The summed E-state index contributed by atoms with van der Waals surface area (Å²) in [6.45, 7) is -1.42. The highest BCUT2D eigenvalue weighted by Gasteiger charge is 2.37.